The molecule has 0 radical (unpaired) electrons. The van der Waals surface area contributed by atoms with Crippen molar-refractivity contribution in [3.05, 3.63) is 0 Å². The Morgan fingerprint density at radius 3 is 2.47 bits per heavy atom. The van der Waals surface area contributed by atoms with E-state index in [9.17, 15) is 0 Å². The van der Waals surface area contributed by atoms with E-state index in [1.807, 2.05) is 0 Å². The molecular formula is C15H32N2. The first kappa shape index (κ1) is 15.0. The van der Waals surface area contributed by atoms with Crippen LogP contribution in [0.1, 0.15) is 65.2 Å². The molecule has 2 atom stereocenters. The van der Waals surface area contributed by atoms with Crippen molar-refractivity contribution in [3.8, 4) is 0 Å². The zero-order valence-electron chi connectivity index (χ0n) is 12.2. The lowest BCUT2D eigenvalue weighted by molar-refractivity contribution is 0.136. The number of nitrogens with one attached hydrogen (secondary N) is 1. The lowest BCUT2D eigenvalue weighted by Gasteiger charge is -2.37. The molecule has 0 amide bonds. The lowest BCUT2D eigenvalue weighted by atomic mass is 9.98. The standard InChI is InChI=1S/C15H32N2/c1-4-5-6-7-8-9-11-17-12-10-15(16-3)13-14(17)2/h14-16H,4-13H2,1-3H3. The minimum atomic E-state index is 0.755. The number of likely N-dealkylation sites (tertiary alicyclic amines) is 1. The van der Waals surface area contributed by atoms with Gasteiger partial charge >= 0.3 is 0 Å². The second-order valence-electron chi connectivity index (χ2n) is 5.66. The van der Waals surface area contributed by atoms with Crippen LogP contribution in [0.2, 0.25) is 0 Å². The summed E-state index contributed by atoms with van der Waals surface area (Å²) in [7, 11) is 2.10. The van der Waals surface area contributed by atoms with Gasteiger partial charge in [0, 0.05) is 12.1 Å². The zero-order chi connectivity index (χ0) is 12.5. The molecule has 0 aliphatic carbocycles. The number of hydrogen-bond acceptors (Lipinski definition) is 2. The summed E-state index contributed by atoms with van der Waals surface area (Å²) in [6.45, 7) is 7.29. The summed E-state index contributed by atoms with van der Waals surface area (Å²) in [6.07, 6.45) is 11.1. The van der Waals surface area contributed by atoms with Gasteiger partial charge in [-0.25, -0.2) is 0 Å². The van der Waals surface area contributed by atoms with Gasteiger partial charge in [-0.1, -0.05) is 39.0 Å². The molecule has 17 heavy (non-hydrogen) atoms. The SMILES string of the molecule is CCCCCCCCN1CCC(NC)CC1C. The van der Waals surface area contributed by atoms with Crippen LogP contribution in [0.3, 0.4) is 0 Å². The van der Waals surface area contributed by atoms with E-state index in [2.05, 4.69) is 31.1 Å². The van der Waals surface area contributed by atoms with Gasteiger partial charge in [-0.3, -0.25) is 0 Å². The molecule has 2 unspecified atom stereocenters. The van der Waals surface area contributed by atoms with E-state index in [0.29, 0.717) is 0 Å². The maximum atomic E-state index is 3.42. The smallest absolute Gasteiger partial charge is 0.00910 e. The van der Waals surface area contributed by atoms with Crippen molar-refractivity contribution in [2.45, 2.75) is 77.3 Å². The number of hydrogen-bond donors (Lipinski definition) is 1. The average molecular weight is 240 g/mol. The molecule has 1 saturated heterocycles. The molecule has 1 N–H and O–H groups in total. The van der Waals surface area contributed by atoms with Crippen molar-refractivity contribution in [1.82, 2.24) is 10.2 Å². The fourth-order valence-corrected chi connectivity index (χ4v) is 2.91. The number of unbranched alkanes of at least 4 members (excludes halogenated alkanes) is 5. The predicted octanol–water partition coefficient (Wildman–Crippen LogP) is 3.42. The highest BCUT2D eigenvalue weighted by molar-refractivity contribution is 4.81. The normalized spacial score (nSPS) is 26.3. The molecule has 2 heteroatoms. The second-order valence-corrected chi connectivity index (χ2v) is 5.66. The monoisotopic (exact) mass is 240 g/mol. The summed E-state index contributed by atoms with van der Waals surface area (Å²) in [5.41, 5.74) is 0. The molecule has 1 aliphatic rings. The van der Waals surface area contributed by atoms with Crippen LogP contribution in [-0.2, 0) is 0 Å². The quantitative estimate of drug-likeness (QED) is 0.654. The van der Waals surface area contributed by atoms with E-state index in [0.717, 1.165) is 12.1 Å². The second kappa shape index (κ2) is 8.93. The highest BCUT2D eigenvalue weighted by Crippen LogP contribution is 2.18. The summed E-state index contributed by atoms with van der Waals surface area (Å²) in [5, 5.41) is 3.42. The number of nitrogens with zero attached hydrogens (tertiary/aromatic N) is 1. The summed E-state index contributed by atoms with van der Waals surface area (Å²) >= 11 is 0. The van der Waals surface area contributed by atoms with E-state index in [1.54, 1.807) is 0 Å². The number of rotatable bonds is 8. The highest BCUT2D eigenvalue weighted by Gasteiger charge is 2.23. The molecule has 0 saturated carbocycles. The molecule has 0 aromatic heterocycles. The van der Waals surface area contributed by atoms with Gasteiger partial charge in [-0.2, -0.15) is 0 Å². The summed E-state index contributed by atoms with van der Waals surface area (Å²) in [5.74, 6) is 0. The predicted molar refractivity (Wildman–Crippen MR) is 76.5 cm³/mol. The van der Waals surface area contributed by atoms with Crippen molar-refractivity contribution in [1.29, 1.82) is 0 Å². The van der Waals surface area contributed by atoms with Crippen molar-refractivity contribution < 1.29 is 0 Å². The van der Waals surface area contributed by atoms with Gasteiger partial charge in [0.25, 0.3) is 0 Å². The van der Waals surface area contributed by atoms with Crippen LogP contribution < -0.4 is 5.32 Å². The van der Waals surface area contributed by atoms with Crippen molar-refractivity contribution in [3.63, 3.8) is 0 Å². The molecule has 2 nitrogen and oxygen atoms in total. The van der Waals surface area contributed by atoms with Crippen molar-refractivity contribution in [2.75, 3.05) is 20.1 Å². The van der Waals surface area contributed by atoms with Crippen LogP contribution in [0.5, 0.6) is 0 Å². The van der Waals surface area contributed by atoms with E-state index in [1.165, 1.54) is 64.5 Å². The molecule has 0 spiro atoms. The van der Waals surface area contributed by atoms with Crippen LogP contribution in [0, 0.1) is 0 Å². The Morgan fingerprint density at radius 2 is 1.82 bits per heavy atom. The molecule has 0 aromatic rings. The van der Waals surface area contributed by atoms with E-state index in [-0.39, 0.29) is 0 Å². The summed E-state index contributed by atoms with van der Waals surface area (Å²) < 4.78 is 0. The van der Waals surface area contributed by atoms with Gasteiger partial charge in [-0.15, -0.1) is 0 Å². The van der Waals surface area contributed by atoms with Gasteiger partial charge in [0.15, 0.2) is 0 Å². The van der Waals surface area contributed by atoms with E-state index < -0.39 is 0 Å². The van der Waals surface area contributed by atoms with Crippen molar-refractivity contribution >= 4 is 0 Å². The Labute approximate surface area is 108 Å². The maximum absolute atomic E-state index is 3.42. The minimum absolute atomic E-state index is 0.755. The Balaban J connectivity index is 2.03. The lowest BCUT2D eigenvalue weighted by Crippen LogP contribution is -2.46. The van der Waals surface area contributed by atoms with Crippen LogP contribution in [0.25, 0.3) is 0 Å². The summed E-state index contributed by atoms with van der Waals surface area (Å²) in [4.78, 5) is 2.69. The first-order valence-electron chi connectivity index (χ1n) is 7.69. The third-order valence-electron chi connectivity index (χ3n) is 4.22. The first-order valence-corrected chi connectivity index (χ1v) is 7.69. The van der Waals surface area contributed by atoms with Gasteiger partial charge in [-0.05, 0) is 46.3 Å². The van der Waals surface area contributed by atoms with Gasteiger partial charge in [0.05, 0.1) is 0 Å². The Bertz CT molecular complexity index is 182. The van der Waals surface area contributed by atoms with Gasteiger partial charge in [0.2, 0.25) is 0 Å². The third kappa shape index (κ3) is 5.87. The zero-order valence-corrected chi connectivity index (χ0v) is 12.2. The fraction of sp³-hybridized carbons (Fsp3) is 1.00. The van der Waals surface area contributed by atoms with Crippen LogP contribution in [0.4, 0.5) is 0 Å². The highest BCUT2D eigenvalue weighted by atomic mass is 15.2. The third-order valence-corrected chi connectivity index (χ3v) is 4.22. The molecule has 1 fully saturated rings. The largest absolute Gasteiger partial charge is 0.317 e. The molecular weight excluding hydrogens is 208 g/mol. The molecule has 1 rings (SSSR count). The fourth-order valence-electron chi connectivity index (χ4n) is 2.91. The van der Waals surface area contributed by atoms with Crippen LogP contribution >= 0.6 is 0 Å². The number of piperidine rings is 1. The molecule has 102 valence electrons. The Hall–Kier alpha value is -0.0800. The van der Waals surface area contributed by atoms with Gasteiger partial charge < -0.3 is 10.2 Å². The topological polar surface area (TPSA) is 15.3 Å². The first-order chi connectivity index (χ1) is 8.27. The van der Waals surface area contributed by atoms with E-state index in [4.69, 9.17) is 0 Å². The Kier molecular flexibility index (Phi) is 7.87. The van der Waals surface area contributed by atoms with Crippen LogP contribution in [0.15, 0.2) is 0 Å². The minimum Gasteiger partial charge on any atom is -0.317 e. The molecule has 0 bridgehead atoms. The molecule has 1 heterocycles. The van der Waals surface area contributed by atoms with Crippen molar-refractivity contribution in [2.24, 2.45) is 0 Å². The van der Waals surface area contributed by atoms with E-state index >= 15 is 0 Å². The van der Waals surface area contributed by atoms with Gasteiger partial charge in [0.1, 0.15) is 0 Å². The average Bonchev–Trinajstić information content (AvgIpc) is 2.35. The molecule has 1 aliphatic heterocycles. The van der Waals surface area contributed by atoms with Crippen LogP contribution in [-0.4, -0.2) is 37.1 Å². The molecule has 0 aromatic carbocycles. The Morgan fingerprint density at radius 1 is 1.12 bits per heavy atom. The summed E-state index contributed by atoms with van der Waals surface area (Å²) in [6, 6.07) is 1.53. The maximum Gasteiger partial charge on any atom is 0.00910 e.